The van der Waals surface area contributed by atoms with E-state index in [9.17, 15) is 4.79 Å². The Bertz CT molecular complexity index is 1060. The lowest BCUT2D eigenvalue weighted by Crippen LogP contribution is -2.41. The Morgan fingerprint density at radius 2 is 2.00 bits per heavy atom. The third-order valence-electron chi connectivity index (χ3n) is 5.25. The summed E-state index contributed by atoms with van der Waals surface area (Å²) in [6.45, 7) is 11.7. The van der Waals surface area contributed by atoms with E-state index in [4.69, 9.17) is 14.5 Å². The topological polar surface area (TPSA) is 77.8 Å². The number of ether oxygens (including phenoxy) is 2. The number of carbonyl (C=O) groups is 1. The van der Waals surface area contributed by atoms with Crippen molar-refractivity contribution >= 4 is 11.6 Å². The Morgan fingerprint density at radius 1 is 1.23 bits per heavy atom. The van der Waals surface area contributed by atoms with Crippen LogP contribution in [0.3, 0.4) is 0 Å². The van der Waals surface area contributed by atoms with E-state index in [1.165, 1.54) is 0 Å². The zero-order valence-electron chi connectivity index (χ0n) is 19.2. The molecule has 0 fully saturated rings. The summed E-state index contributed by atoms with van der Waals surface area (Å²) in [5, 5.41) is 3.12. The lowest BCUT2D eigenvalue weighted by atomic mass is 9.92. The third-order valence-corrected chi connectivity index (χ3v) is 5.25. The van der Waals surface area contributed by atoms with Crippen molar-refractivity contribution in [3.8, 4) is 0 Å². The zero-order chi connectivity index (χ0) is 22.6. The van der Waals surface area contributed by atoms with Crippen molar-refractivity contribution in [1.29, 1.82) is 0 Å². The third kappa shape index (κ3) is 5.11. The van der Waals surface area contributed by atoms with E-state index in [2.05, 4.69) is 30.2 Å². The van der Waals surface area contributed by atoms with Gasteiger partial charge in [-0.1, -0.05) is 38.1 Å². The fourth-order valence-corrected chi connectivity index (χ4v) is 3.45. The molecule has 1 aromatic carbocycles. The average Bonchev–Trinajstić information content (AvgIpc) is 3.17. The minimum Gasteiger partial charge on any atom is -0.378 e. The number of methoxy groups -OCH3 is 1. The second kappa shape index (κ2) is 9.58. The van der Waals surface area contributed by atoms with E-state index in [-0.39, 0.29) is 11.8 Å². The molecule has 7 heteroatoms. The van der Waals surface area contributed by atoms with Gasteiger partial charge in [0.15, 0.2) is 11.3 Å². The molecule has 0 aliphatic heterocycles. The van der Waals surface area contributed by atoms with Crippen LogP contribution in [0.5, 0.6) is 0 Å². The smallest absolute Gasteiger partial charge is 0.274 e. The number of benzene rings is 1. The van der Waals surface area contributed by atoms with Crippen LogP contribution in [-0.4, -0.2) is 34.0 Å². The second-order valence-electron chi connectivity index (χ2n) is 8.46. The zero-order valence-corrected chi connectivity index (χ0v) is 19.2. The maximum atomic E-state index is 13.2. The summed E-state index contributed by atoms with van der Waals surface area (Å²) < 4.78 is 12.7. The van der Waals surface area contributed by atoms with Crippen molar-refractivity contribution in [2.24, 2.45) is 0 Å². The van der Waals surface area contributed by atoms with E-state index < -0.39 is 5.54 Å². The van der Waals surface area contributed by atoms with Crippen LogP contribution in [0.1, 0.15) is 73.5 Å². The van der Waals surface area contributed by atoms with Gasteiger partial charge in [-0.3, -0.25) is 9.20 Å². The molecule has 0 bridgehead atoms. The van der Waals surface area contributed by atoms with E-state index in [1.807, 2.05) is 49.4 Å². The molecule has 0 atom stereocenters. The molecule has 166 valence electrons. The highest BCUT2D eigenvalue weighted by Gasteiger charge is 2.27. The maximum absolute atomic E-state index is 13.2. The number of fused-ring (bicyclic) bond motifs is 1. The first-order valence-electron chi connectivity index (χ1n) is 10.6. The van der Waals surface area contributed by atoms with Crippen LogP contribution in [-0.2, 0) is 28.2 Å². The molecular formula is C24H32N4O3. The van der Waals surface area contributed by atoms with Crippen molar-refractivity contribution in [2.45, 2.75) is 59.3 Å². The predicted octanol–water partition coefficient (Wildman–Crippen LogP) is 4.20. The van der Waals surface area contributed by atoms with E-state index in [0.717, 1.165) is 22.5 Å². The number of aromatic nitrogens is 3. The number of hydrogen-bond acceptors (Lipinski definition) is 5. The molecule has 0 aliphatic carbocycles. The summed E-state index contributed by atoms with van der Waals surface area (Å²) in [7, 11) is 1.65. The van der Waals surface area contributed by atoms with Crippen molar-refractivity contribution < 1.29 is 14.3 Å². The predicted molar refractivity (Wildman–Crippen MR) is 120 cm³/mol. The lowest BCUT2D eigenvalue weighted by molar-refractivity contribution is 0.0908. The Balaban J connectivity index is 1.92. The summed E-state index contributed by atoms with van der Waals surface area (Å²) in [5.74, 6) is -0.0459. The molecule has 7 nitrogen and oxygen atoms in total. The molecule has 0 radical (unpaired) electrons. The first kappa shape index (κ1) is 22.9. The molecule has 2 heterocycles. The van der Waals surface area contributed by atoms with Crippen LogP contribution >= 0.6 is 0 Å². The van der Waals surface area contributed by atoms with Crippen LogP contribution in [0.4, 0.5) is 0 Å². The first-order valence-corrected chi connectivity index (χ1v) is 10.6. The van der Waals surface area contributed by atoms with Crippen LogP contribution in [0.25, 0.3) is 5.65 Å². The highest BCUT2D eigenvalue weighted by Crippen LogP contribution is 2.23. The number of carbonyl (C=O) groups excluding carboxylic acids is 1. The number of amides is 1. The molecule has 31 heavy (non-hydrogen) atoms. The molecule has 2 aromatic heterocycles. The maximum Gasteiger partial charge on any atom is 0.274 e. The van der Waals surface area contributed by atoms with Gasteiger partial charge in [-0.25, -0.2) is 9.97 Å². The van der Waals surface area contributed by atoms with E-state index in [1.54, 1.807) is 13.4 Å². The van der Waals surface area contributed by atoms with E-state index >= 15 is 0 Å². The van der Waals surface area contributed by atoms with Gasteiger partial charge in [0.1, 0.15) is 6.33 Å². The van der Waals surface area contributed by atoms with Crippen molar-refractivity contribution in [2.75, 3.05) is 13.7 Å². The monoisotopic (exact) mass is 424 g/mol. The van der Waals surface area contributed by atoms with Gasteiger partial charge < -0.3 is 14.8 Å². The first-order chi connectivity index (χ1) is 14.8. The Morgan fingerprint density at radius 3 is 2.68 bits per heavy atom. The second-order valence-corrected chi connectivity index (χ2v) is 8.46. The van der Waals surface area contributed by atoms with Crippen LogP contribution in [0, 0.1) is 0 Å². The Hall–Kier alpha value is -2.77. The van der Waals surface area contributed by atoms with Crippen LogP contribution in [0.15, 0.2) is 36.7 Å². The molecule has 0 saturated carbocycles. The minimum atomic E-state index is -0.597. The SMILES string of the molecule is CCOCc1cccc(C(C)(C)NC(=O)c2ncn3c(COC)cc(C(C)C)nc23)c1. The fourth-order valence-electron chi connectivity index (χ4n) is 3.45. The van der Waals surface area contributed by atoms with Gasteiger partial charge in [0.25, 0.3) is 5.91 Å². The quantitative estimate of drug-likeness (QED) is 0.557. The van der Waals surface area contributed by atoms with Gasteiger partial charge >= 0.3 is 0 Å². The average molecular weight is 425 g/mol. The molecule has 0 saturated heterocycles. The lowest BCUT2D eigenvalue weighted by Gasteiger charge is -2.27. The van der Waals surface area contributed by atoms with Gasteiger partial charge in [-0.05, 0) is 43.9 Å². The number of nitrogens with zero attached hydrogens (tertiary/aromatic N) is 3. The standard InChI is InChI=1S/C24H32N4O3/c1-7-31-13-17-9-8-10-18(11-17)24(4,5)27-23(29)21-22-26-20(16(2)3)12-19(14-30-6)28(22)15-25-21/h8-12,15-16H,7,13-14H2,1-6H3,(H,27,29). The Kier molecular flexibility index (Phi) is 7.08. The van der Waals surface area contributed by atoms with Crippen LogP contribution in [0.2, 0.25) is 0 Å². The normalized spacial score (nSPS) is 12.0. The molecule has 0 spiro atoms. The summed E-state index contributed by atoms with van der Waals surface area (Å²) in [4.78, 5) is 22.3. The van der Waals surface area contributed by atoms with Gasteiger partial charge in [0.2, 0.25) is 0 Å². The molecule has 0 aliphatic rings. The van der Waals surface area contributed by atoms with Gasteiger partial charge in [0, 0.05) is 19.4 Å². The molecule has 1 N–H and O–H groups in total. The highest BCUT2D eigenvalue weighted by molar-refractivity contribution is 5.98. The summed E-state index contributed by atoms with van der Waals surface area (Å²) in [5.41, 5.74) is 4.12. The summed E-state index contributed by atoms with van der Waals surface area (Å²) in [6.07, 6.45) is 1.63. The van der Waals surface area contributed by atoms with Crippen LogP contribution < -0.4 is 5.32 Å². The number of hydrogen-bond donors (Lipinski definition) is 1. The molecular weight excluding hydrogens is 392 g/mol. The highest BCUT2D eigenvalue weighted by atomic mass is 16.5. The van der Waals surface area contributed by atoms with E-state index in [0.29, 0.717) is 31.2 Å². The fraction of sp³-hybridized carbons (Fsp3) is 0.458. The number of imidazole rings is 1. The molecule has 1 amide bonds. The number of rotatable bonds is 9. The van der Waals surface area contributed by atoms with Crippen molar-refractivity contribution in [3.05, 3.63) is 64.9 Å². The number of nitrogens with one attached hydrogen (secondary N) is 1. The van der Waals surface area contributed by atoms with Crippen molar-refractivity contribution in [1.82, 2.24) is 19.7 Å². The Labute approximate surface area is 183 Å². The van der Waals surface area contributed by atoms with Crippen molar-refractivity contribution in [3.63, 3.8) is 0 Å². The minimum absolute atomic E-state index is 0.218. The van der Waals surface area contributed by atoms with Gasteiger partial charge in [-0.2, -0.15) is 0 Å². The molecule has 3 aromatic rings. The summed E-state index contributed by atoms with van der Waals surface area (Å²) in [6, 6.07) is 10.1. The van der Waals surface area contributed by atoms with Gasteiger partial charge in [0.05, 0.1) is 24.4 Å². The van der Waals surface area contributed by atoms with Gasteiger partial charge in [-0.15, -0.1) is 0 Å². The largest absolute Gasteiger partial charge is 0.378 e. The molecule has 3 rings (SSSR count). The summed E-state index contributed by atoms with van der Waals surface area (Å²) >= 11 is 0. The molecule has 0 unspecified atom stereocenters.